The van der Waals surface area contributed by atoms with Crippen LogP contribution < -0.4 is 0 Å². The van der Waals surface area contributed by atoms with Crippen LogP contribution in [-0.2, 0) is 0 Å². The molecule has 1 aliphatic carbocycles. The fourth-order valence-corrected chi connectivity index (χ4v) is 1.44. The van der Waals surface area contributed by atoms with E-state index in [9.17, 15) is 0 Å². The van der Waals surface area contributed by atoms with Gasteiger partial charge in [-0.15, -0.1) is 0 Å². The van der Waals surface area contributed by atoms with E-state index in [0.29, 0.717) is 0 Å². The van der Waals surface area contributed by atoms with Crippen molar-refractivity contribution in [2.24, 2.45) is 0 Å². The monoisotopic (exact) mass is 222 g/mol. The molecular weight excluding hydrogens is 208 g/mol. The van der Waals surface area contributed by atoms with Crippen LogP contribution in [0.3, 0.4) is 0 Å². The summed E-state index contributed by atoms with van der Waals surface area (Å²) >= 11 is 0. The molecular formula is C15H14N2. The number of aromatic nitrogens is 2. The van der Waals surface area contributed by atoms with E-state index < -0.39 is 0 Å². The molecule has 2 aromatic rings. The summed E-state index contributed by atoms with van der Waals surface area (Å²) in [5.74, 6) is 0. The molecule has 2 heterocycles. The Bertz CT molecular complexity index is 439. The first-order valence-corrected chi connectivity index (χ1v) is 5.60. The summed E-state index contributed by atoms with van der Waals surface area (Å²) in [5.41, 5.74) is 2.02. The van der Waals surface area contributed by atoms with E-state index in [1.807, 2.05) is 36.5 Å². The molecule has 0 spiro atoms. The molecule has 0 amide bonds. The Balaban J connectivity index is 0.000000181. The van der Waals surface area contributed by atoms with Gasteiger partial charge in [0.25, 0.3) is 0 Å². The molecule has 84 valence electrons. The summed E-state index contributed by atoms with van der Waals surface area (Å²) in [5, 5.41) is 0. The highest BCUT2D eigenvalue weighted by molar-refractivity contribution is 5.56. The Morgan fingerprint density at radius 3 is 2.29 bits per heavy atom. The number of nitrogens with zero attached hydrogens (tertiary/aromatic N) is 2. The van der Waals surface area contributed by atoms with Crippen molar-refractivity contribution in [3.8, 4) is 11.3 Å². The number of hydrogen-bond donors (Lipinski definition) is 0. The van der Waals surface area contributed by atoms with Crippen molar-refractivity contribution in [1.29, 1.82) is 0 Å². The van der Waals surface area contributed by atoms with E-state index in [1.54, 1.807) is 12.4 Å². The van der Waals surface area contributed by atoms with Gasteiger partial charge in [-0.2, -0.15) is 0 Å². The van der Waals surface area contributed by atoms with Crippen molar-refractivity contribution < 1.29 is 0 Å². The smallest absolute Gasteiger partial charge is 0.0717 e. The molecule has 17 heavy (non-hydrogen) atoms. The Morgan fingerprint density at radius 2 is 1.76 bits per heavy atom. The van der Waals surface area contributed by atoms with Gasteiger partial charge in [-0.1, -0.05) is 30.4 Å². The zero-order valence-corrected chi connectivity index (χ0v) is 9.53. The second-order valence-corrected chi connectivity index (χ2v) is 3.55. The van der Waals surface area contributed by atoms with Crippen LogP contribution in [0.25, 0.3) is 11.3 Å². The molecule has 0 saturated heterocycles. The van der Waals surface area contributed by atoms with Crippen LogP contribution in [0.2, 0.25) is 0 Å². The average Bonchev–Trinajstić information content (AvgIpc) is 3.00. The van der Waals surface area contributed by atoms with Crippen LogP contribution >= 0.6 is 0 Å². The normalized spacial score (nSPS) is 12.0. The molecule has 2 aromatic heterocycles. The Morgan fingerprint density at radius 1 is 0.882 bits per heavy atom. The number of rotatable bonds is 1. The highest BCUT2D eigenvalue weighted by Crippen LogP contribution is 2.12. The van der Waals surface area contributed by atoms with Gasteiger partial charge in [-0.3, -0.25) is 9.97 Å². The van der Waals surface area contributed by atoms with Crippen LogP contribution in [0.1, 0.15) is 6.42 Å². The minimum atomic E-state index is 0.964. The van der Waals surface area contributed by atoms with Gasteiger partial charge >= 0.3 is 0 Å². The molecule has 2 nitrogen and oxygen atoms in total. The number of pyridine rings is 2. The standard InChI is InChI=1S/C10H8N2.C5H6/c1-2-7-12-10(5-1)9-4-3-6-11-8-9;1-2-4-5-3-1/h1-8H;1-4H,5H2. The van der Waals surface area contributed by atoms with Crippen molar-refractivity contribution in [1.82, 2.24) is 9.97 Å². The minimum Gasteiger partial charge on any atom is -0.264 e. The zero-order chi connectivity index (χ0) is 11.8. The number of hydrogen-bond acceptors (Lipinski definition) is 2. The van der Waals surface area contributed by atoms with Gasteiger partial charge in [0, 0.05) is 24.2 Å². The summed E-state index contributed by atoms with van der Waals surface area (Å²) in [7, 11) is 0. The fraction of sp³-hybridized carbons (Fsp3) is 0.0667. The summed E-state index contributed by atoms with van der Waals surface area (Å²) < 4.78 is 0. The molecule has 0 unspecified atom stereocenters. The van der Waals surface area contributed by atoms with Crippen molar-refractivity contribution >= 4 is 0 Å². The third-order valence-corrected chi connectivity index (χ3v) is 2.28. The third kappa shape index (κ3) is 3.68. The topological polar surface area (TPSA) is 25.8 Å². The van der Waals surface area contributed by atoms with E-state index in [0.717, 1.165) is 17.7 Å². The molecule has 0 fully saturated rings. The maximum Gasteiger partial charge on any atom is 0.0717 e. The van der Waals surface area contributed by atoms with Crippen LogP contribution in [0.5, 0.6) is 0 Å². The fourth-order valence-electron chi connectivity index (χ4n) is 1.44. The Kier molecular flexibility index (Phi) is 4.23. The van der Waals surface area contributed by atoms with Crippen LogP contribution in [-0.4, -0.2) is 9.97 Å². The molecule has 0 aliphatic heterocycles. The second kappa shape index (κ2) is 6.38. The average molecular weight is 222 g/mol. The van der Waals surface area contributed by atoms with Crippen LogP contribution in [0, 0.1) is 0 Å². The Hall–Kier alpha value is -2.22. The van der Waals surface area contributed by atoms with Gasteiger partial charge in [-0.05, 0) is 30.7 Å². The molecule has 0 saturated carbocycles. The lowest BCUT2D eigenvalue weighted by Gasteiger charge is -1.96. The lowest BCUT2D eigenvalue weighted by atomic mass is 10.2. The van der Waals surface area contributed by atoms with Crippen LogP contribution in [0.4, 0.5) is 0 Å². The van der Waals surface area contributed by atoms with Crippen molar-refractivity contribution in [2.75, 3.05) is 0 Å². The van der Waals surface area contributed by atoms with E-state index in [-0.39, 0.29) is 0 Å². The summed E-state index contributed by atoms with van der Waals surface area (Å²) in [4.78, 5) is 8.23. The van der Waals surface area contributed by atoms with Gasteiger partial charge in [0.15, 0.2) is 0 Å². The molecule has 2 heteroatoms. The van der Waals surface area contributed by atoms with E-state index >= 15 is 0 Å². The lowest BCUT2D eigenvalue weighted by Crippen LogP contribution is -1.81. The van der Waals surface area contributed by atoms with Gasteiger partial charge in [0.1, 0.15) is 0 Å². The molecule has 3 rings (SSSR count). The van der Waals surface area contributed by atoms with Crippen molar-refractivity contribution in [3.05, 3.63) is 73.2 Å². The van der Waals surface area contributed by atoms with Gasteiger partial charge < -0.3 is 0 Å². The largest absolute Gasteiger partial charge is 0.264 e. The highest BCUT2D eigenvalue weighted by Gasteiger charge is 1.94. The molecule has 0 aromatic carbocycles. The van der Waals surface area contributed by atoms with E-state index in [2.05, 4.69) is 34.3 Å². The Labute approximate surface area is 101 Å². The highest BCUT2D eigenvalue weighted by atomic mass is 14.7. The molecule has 0 radical (unpaired) electrons. The first kappa shape index (κ1) is 11.3. The molecule has 0 bridgehead atoms. The zero-order valence-electron chi connectivity index (χ0n) is 9.53. The summed E-state index contributed by atoms with van der Waals surface area (Å²) in [6.07, 6.45) is 14.8. The first-order chi connectivity index (χ1) is 8.47. The summed E-state index contributed by atoms with van der Waals surface area (Å²) in [6.45, 7) is 0. The van der Waals surface area contributed by atoms with Gasteiger partial charge in [0.05, 0.1) is 5.69 Å². The van der Waals surface area contributed by atoms with Gasteiger partial charge in [0.2, 0.25) is 0 Å². The molecule has 0 atom stereocenters. The maximum atomic E-state index is 4.21. The lowest BCUT2D eigenvalue weighted by molar-refractivity contribution is 1.28. The van der Waals surface area contributed by atoms with Crippen LogP contribution in [0.15, 0.2) is 73.2 Å². The van der Waals surface area contributed by atoms with Crippen molar-refractivity contribution in [2.45, 2.75) is 6.42 Å². The predicted molar refractivity (Wildman–Crippen MR) is 70.4 cm³/mol. The van der Waals surface area contributed by atoms with E-state index in [4.69, 9.17) is 0 Å². The quantitative estimate of drug-likeness (QED) is 0.736. The third-order valence-electron chi connectivity index (χ3n) is 2.28. The minimum absolute atomic E-state index is 0.964. The second-order valence-electron chi connectivity index (χ2n) is 3.55. The number of allylic oxidation sites excluding steroid dienone is 4. The molecule has 1 aliphatic rings. The van der Waals surface area contributed by atoms with E-state index in [1.165, 1.54) is 0 Å². The van der Waals surface area contributed by atoms with Gasteiger partial charge in [-0.25, -0.2) is 0 Å². The summed E-state index contributed by atoms with van der Waals surface area (Å²) in [6, 6.07) is 9.74. The van der Waals surface area contributed by atoms with Crippen molar-refractivity contribution in [3.63, 3.8) is 0 Å². The predicted octanol–water partition coefficient (Wildman–Crippen LogP) is 3.65. The molecule has 0 N–H and O–H groups in total. The maximum absolute atomic E-state index is 4.21. The first-order valence-electron chi connectivity index (χ1n) is 5.60. The SMILES string of the molecule is C1=CCC=C1.c1ccc(-c2cccnc2)nc1.